The van der Waals surface area contributed by atoms with Gasteiger partial charge in [-0.25, -0.2) is 0 Å². The van der Waals surface area contributed by atoms with Crippen LogP contribution >= 0.6 is 0 Å². The van der Waals surface area contributed by atoms with Crippen molar-refractivity contribution < 1.29 is 0 Å². The maximum absolute atomic E-state index is 4.38. The van der Waals surface area contributed by atoms with Crippen molar-refractivity contribution in [2.45, 2.75) is 33.7 Å². The Morgan fingerprint density at radius 2 is 1.51 bits per heavy atom. The van der Waals surface area contributed by atoms with Crippen LogP contribution in [0.3, 0.4) is 0 Å². The minimum absolute atomic E-state index is 0.158. The monoisotopic (exact) mass is 518 g/mol. The molecule has 0 unspecified atom stereocenters. The summed E-state index contributed by atoms with van der Waals surface area (Å²) >= 11 is 0. The largest absolute Gasteiger partial charge is 0.379 e. The van der Waals surface area contributed by atoms with Crippen LogP contribution in [-0.2, 0) is 0 Å². The van der Waals surface area contributed by atoms with Crippen molar-refractivity contribution in [2.24, 2.45) is 0 Å². The summed E-state index contributed by atoms with van der Waals surface area (Å²) in [5, 5.41) is 7.21. The first-order chi connectivity index (χ1) is 18.9. The quantitative estimate of drug-likeness (QED) is 0.266. The maximum Gasteiger partial charge on any atom is 0.0628 e. The van der Waals surface area contributed by atoms with Crippen molar-refractivity contribution in [3.8, 4) is 0 Å². The third kappa shape index (κ3) is 7.02. The molecule has 1 aliphatic heterocycles. The third-order valence-electron chi connectivity index (χ3n) is 7.41. The summed E-state index contributed by atoms with van der Waals surface area (Å²) in [7, 11) is 0. The van der Waals surface area contributed by atoms with E-state index in [4.69, 9.17) is 0 Å². The van der Waals surface area contributed by atoms with Crippen molar-refractivity contribution in [1.82, 2.24) is 5.32 Å². The van der Waals surface area contributed by atoms with Crippen molar-refractivity contribution in [3.05, 3.63) is 132 Å². The van der Waals surface area contributed by atoms with Gasteiger partial charge in [-0.1, -0.05) is 86.0 Å². The molecule has 1 saturated heterocycles. The fourth-order valence-corrected chi connectivity index (χ4v) is 4.98. The van der Waals surface area contributed by atoms with Crippen molar-refractivity contribution in [2.75, 3.05) is 41.3 Å². The number of para-hydroxylation sites is 1. The molecule has 1 heterocycles. The number of rotatable bonds is 10. The fraction of sp³-hybridized carbons (Fsp3) is 0.257. The second kappa shape index (κ2) is 13.1. The lowest BCUT2D eigenvalue weighted by Crippen LogP contribution is -2.47. The second-order valence-electron chi connectivity index (χ2n) is 10.2. The third-order valence-corrected chi connectivity index (χ3v) is 7.41. The van der Waals surface area contributed by atoms with Gasteiger partial charge in [0.05, 0.1) is 11.4 Å². The molecule has 1 fully saturated rings. The van der Waals surface area contributed by atoms with Gasteiger partial charge in [-0.15, -0.1) is 0 Å². The molecule has 39 heavy (non-hydrogen) atoms. The van der Waals surface area contributed by atoms with Gasteiger partial charge >= 0.3 is 0 Å². The van der Waals surface area contributed by atoms with Gasteiger partial charge in [0.25, 0.3) is 0 Å². The second-order valence-corrected chi connectivity index (χ2v) is 10.2. The molecule has 202 valence electrons. The number of hydrogen-bond acceptors (Lipinski definition) is 4. The van der Waals surface area contributed by atoms with Crippen LogP contribution in [0.1, 0.15) is 43.5 Å². The van der Waals surface area contributed by atoms with E-state index in [-0.39, 0.29) is 6.04 Å². The van der Waals surface area contributed by atoms with Crippen LogP contribution in [0.25, 0.3) is 5.70 Å². The zero-order chi connectivity index (χ0) is 27.8. The topological polar surface area (TPSA) is 30.5 Å². The Kier molecular flexibility index (Phi) is 9.32. The van der Waals surface area contributed by atoms with E-state index in [0.717, 1.165) is 54.4 Å². The van der Waals surface area contributed by atoms with E-state index in [2.05, 4.69) is 127 Å². The Morgan fingerprint density at radius 3 is 2.18 bits per heavy atom. The standard InChI is InChI=1S/C35H42N4/c1-7-8-14-26(2)28(4)37-33-25-32(30(6)36-29(5)31-16-10-9-11-17-31)19-20-35(33)39-23-21-38(22-24-39)34-18-13-12-15-27(34)3/h7-20,25,29,36-37H,4,6,21-24H2,1-3,5H3/b8-7-,26-14+/t29-/m0/s1. The summed E-state index contributed by atoms with van der Waals surface area (Å²) in [5.41, 5.74) is 10.1. The molecule has 4 heteroatoms. The number of aryl methyl sites for hydroxylation is 1. The average molecular weight is 519 g/mol. The first-order valence-corrected chi connectivity index (χ1v) is 13.8. The molecule has 0 radical (unpaired) electrons. The SMILES string of the molecule is C=C(Nc1cc(C(=C)N[C@@H](C)c2ccccc2)ccc1N1CCN(c2ccccc2C)CC1)/C(C)=C/C=C\C. The van der Waals surface area contributed by atoms with E-state index in [1.807, 2.05) is 25.1 Å². The molecule has 0 spiro atoms. The van der Waals surface area contributed by atoms with Crippen LogP contribution in [0.4, 0.5) is 17.1 Å². The molecule has 3 aromatic carbocycles. The van der Waals surface area contributed by atoms with Gasteiger partial charge in [-0.2, -0.15) is 0 Å². The van der Waals surface area contributed by atoms with Crippen LogP contribution in [0.2, 0.25) is 0 Å². The highest BCUT2D eigenvalue weighted by Crippen LogP contribution is 2.33. The summed E-state index contributed by atoms with van der Waals surface area (Å²) in [6.07, 6.45) is 6.16. The molecule has 0 aliphatic carbocycles. The summed E-state index contributed by atoms with van der Waals surface area (Å²) in [6.45, 7) is 21.0. The average Bonchev–Trinajstić information content (AvgIpc) is 2.96. The predicted octanol–water partition coefficient (Wildman–Crippen LogP) is 8.09. The molecule has 0 bridgehead atoms. The molecule has 0 amide bonds. The van der Waals surface area contributed by atoms with Crippen LogP contribution in [0.5, 0.6) is 0 Å². The molecule has 1 atom stereocenters. The maximum atomic E-state index is 4.38. The molecular formula is C35H42N4. The van der Waals surface area contributed by atoms with E-state index in [0.29, 0.717) is 0 Å². The summed E-state index contributed by atoms with van der Waals surface area (Å²) in [6, 6.07) is 25.9. The van der Waals surface area contributed by atoms with E-state index in [1.54, 1.807) is 0 Å². The number of anilines is 3. The van der Waals surface area contributed by atoms with Gasteiger partial charge in [0.15, 0.2) is 0 Å². The van der Waals surface area contributed by atoms with E-state index in [1.165, 1.54) is 22.5 Å². The Morgan fingerprint density at radius 1 is 0.872 bits per heavy atom. The van der Waals surface area contributed by atoms with Gasteiger partial charge in [0.2, 0.25) is 0 Å². The molecule has 3 aromatic rings. The van der Waals surface area contributed by atoms with E-state index < -0.39 is 0 Å². The predicted molar refractivity (Wildman–Crippen MR) is 170 cm³/mol. The van der Waals surface area contributed by atoms with Crippen LogP contribution < -0.4 is 20.4 Å². The molecular weight excluding hydrogens is 476 g/mol. The summed E-state index contributed by atoms with van der Waals surface area (Å²) < 4.78 is 0. The minimum Gasteiger partial charge on any atom is -0.379 e. The molecule has 4 rings (SSSR count). The number of nitrogens with zero attached hydrogens (tertiary/aromatic N) is 2. The summed E-state index contributed by atoms with van der Waals surface area (Å²) in [5.74, 6) is 0. The Balaban J connectivity index is 1.56. The van der Waals surface area contributed by atoms with Gasteiger partial charge in [0.1, 0.15) is 0 Å². The number of benzene rings is 3. The van der Waals surface area contributed by atoms with Gasteiger partial charge in [-0.05, 0) is 68.2 Å². The molecule has 1 aliphatic rings. The lowest BCUT2D eigenvalue weighted by atomic mass is 10.1. The Bertz CT molecular complexity index is 1340. The highest BCUT2D eigenvalue weighted by Gasteiger charge is 2.21. The molecule has 0 saturated carbocycles. The molecule has 0 aromatic heterocycles. The van der Waals surface area contributed by atoms with Gasteiger partial charge in [0, 0.05) is 49.3 Å². The van der Waals surface area contributed by atoms with Gasteiger partial charge in [-0.3, -0.25) is 0 Å². The zero-order valence-electron chi connectivity index (χ0n) is 23.9. The van der Waals surface area contributed by atoms with Crippen molar-refractivity contribution in [3.63, 3.8) is 0 Å². The summed E-state index contributed by atoms with van der Waals surface area (Å²) in [4.78, 5) is 4.97. The van der Waals surface area contributed by atoms with E-state index in [9.17, 15) is 0 Å². The smallest absolute Gasteiger partial charge is 0.0628 e. The number of piperazine rings is 1. The number of allylic oxidation sites excluding steroid dienone is 4. The Labute approximate surface area is 235 Å². The van der Waals surface area contributed by atoms with Crippen LogP contribution in [0.15, 0.2) is 115 Å². The first kappa shape index (κ1) is 27.8. The highest BCUT2D eigenvalue weighted by atomic mass is 15.3. The first-order valence-electron chi connectivity index (χ1n) is 13.8. The van der Waals surface area contributed by atoms with Crippen LogP contribution in [0, 0.1) is 6.92 Å². The molecule has 4 nitrogen and oxygen atoms in total. The zero-order valence-corrected chi connectivity index (χ0v) is 23.9. The lowest BCUT2D eigenvalue weighted by molar-refractivity contribution is 0.653. The minimum atomic E-state index is 0.158. The van der Waals surface area contributed by atoms with Crippen LogP contribution in [-0.4, -0.2) is 26.2 Å². The fourth-order valence-electron chi connectivity index (χ4n) is 4.98. The highest BCUT2D eigenvalue weighted by molar-refractivity contribution is 5.78. The van der Waals surface area contributed by atoms with E-state index >= 15 is 0 Å². The van der Waals surface area contributed by atoms with Crippen molar-refractivity contribution in [1.29, 1.82) is 0 Å². The number of hydrogen-bond donors (Lipinski definition) is 2. The Hall–Kier alpha value is -4.18. The van der Waals surface area contributed by atoms with Gasteiger partial charge < -0.3 is 20.4 Å². The lowest BCUT2D eigenvalue weighted by Gasteiger charge is -2.39. The normalized spacial score (nSPS) is 14.8. The van der Waals surface area contributed by atoms with Crippen molar-refractivity contribution >= 4 is 22.8 Å². The molecule has 2 N–H and O–H groups in total. The number of nitrogens with one attached hydrogen (secondary N) is 2.